The van der Waals surface area contributed by atoms with Gasteiger partial charge in [0, 0.05) is 25.3 Å². The molecule has 7 nitrogen and oxygen atoms in total. The van der Waals surface area contributed by atoms with Crippen LogP contribution in [0.4, 0.5) is 4.39 Å². The number of para-hydroxylation sites is 1. The van der Waals surface area contributed by atoms with Gasteiger partial charge < -0.3 is 14.8 Å². The molecule has 9 heteroatoms. The number of thioether (sulfide) groups is 1. The van der Waals surface area contributed by atoms with Gasteiger partial charge >= 0.3 is 0 Å². The predicted molar refractivity (Wildman–Crippen MR) is 147 cm³/mol. The summed E-state index contributed by atoms with van der Waals surface area (Å²) in [5.41, 5.74) is 1.99. The van der Waals surface area contributed by atoms with Gasteiger partial charge in [0.05, 0.1) is 25.1 Å². The van der Waals surface area contributed by atoms with E-state index in [1.54, 1.807) is 55.2 Å². The van der Waals surface area contributed by atoms with E-state index in [-0.39, 0.29) is 23.7 Å². The van der Waals surface area contributed by atoms with Crippen molar-refractivity contribution in [1.82, 2.24) is 14.9 Å². The second-order valence-electron chi connectivity index (χ2n) is 8.64. The smallest absolute Gasteiger partial charge is 0.262 e. The number of halogens is 1. The van der Waals surface area contributed by atoms with Crippen LogP contribution in [0.2, 0.25) is 0 Å². The molecule has 38 heavy (non-hydrogen) atoms. The van der Waals surface area contributed by atoms with E-state index in [4.69, 9.17) is 9.47 Å². The fourth-order valence-electron chi connectivity index (χ4n) is 4.08. The monoisotopic (exact) mass is 535 g/mol. The molecule has 0 atom stereocenters. The van der Waals surface area contributed by atoms with Crippen LogP contribution in [0.25, 0.3) is 10.9 Å². The average Bonchev–Trinajstić information content (AvgIpc) is 2.94. The number of benzene rings is 3. The minimum Gasteiger partial charge on any atom is -0.493 e. The van der Waals surface area contributed by atoms with Crippen molar-refractivity contribution in [3.05, 3.63) is 94.0 Å². The number of carbonyl (C=O) groups is 1. The maximum Gasteiger partial charge on any atom is 0.262 e. The van der Waals surface area contributed by atoms with E-state index in [1.807, 2.05) is 24.3 Å². The van der Waals surface area contributed by atoms with Crippen molar-refractivity contribution in [2.75, 3.05) is 20.8 Å². The molecule has 1 amide bonds. The Morgan fingerprint density at radius 3 is 2.58 bits per heavy atom. The molecule has 0 saturated heterocycles. The first kappa shape index (κ1) is 27.2. The van der Waals surface area contributed by atoms with Crippen molar-refractivity contribution >= 4 is 28.6 Å². The Labute approximate surface area is 225 Å². The van der Waals surface area contributed by atoms with Crippen molar-refractivity contribution in [3.8, 4) is 11.5 Å². The summed E-state index contributed by atoms with van der Waals surface area (Å²) in [6, 6.07) is 19.4. The molecule has 0 saturated carbocycles. The number of rotatable bonds is 12. The number of ether oxygens (including phenoxy) is 2. The minimum absolute atomic E-state index is 0.0900. The van der Waals surface area contributed by atoms with E-state index in [0.29, 0.717) is 64.8 Å². The van der Waals surface area contributed by atoms with Crippen LogP contribution in [0.3, 0.4) is 0 Å². The van der Waals surface area contributed by atoms with Gasteiger partial charge in [-0.15, -0.1) is 0 Å². The second-order valence-corrected chi connectivity index (χ2v) is 9.58. The summed E-state index contributed by atoms with van der Waals surface area (Å²) in [6.45, 7) is 0.814. The number of carbonyl (C=O) groups excluding carboxylic acids is 1. The molecule has 0 fully saturated rings. The van der Waals surface area contributed by atoms with E-state index >= 15 is 0 Å². The van der Waals surface area contributed by atoms with E-state index in [2.05, 4.69) is 10.3 Å². The number of hydrogen-bond donors (Lipinski definition) is 1. The van der Waals surface area contributed by atoms with Crippen molar-refractivity contribution in [3.63, 3.8) is 0 Å². The Morgan fingerprint density at radius 2 is 1.79 bits per heavy atom. The molecule has 1 heterocycles. The molecule has 4 rings (SSSR count). The Morgan fingerprint density at radius 1 is 1.03 bits per heavy atom. The maximum atomic E-state index is 14.1. The van der Waals surface area contributed by atoms with Crippen molar-refractivity contribution < 1.29 is 18.7 Å². The lowest BCUT2D eigenvalue weighted by Gasteiger charge is -2.13. The van der Waals surface area contributed by atoms with Gasteiger partial charge in [-0.05, 0) is 54.3 Å². The Bertz CT molecular complexity index is 1470. The molecule has 3 aromatic carbocycles. The van der Waals surface area contributed by atoms with Crippen molar-refractivity contribution in [1.29, 1.82) is 0 Å². The zero-order valence-electron chi connectivity index (χ0n) is 21.4. The third kappa shape index (κ3) is 6.72. The molecule has 0 aliphatic carbocycles. The molecule has 0 spiro atoms. The molecule has 0 aliphatic rings. The summed E-state index contributed by atoms with van der Waals surface area (Å²) >= 11 is 1.31. The highest BCUT2D eigenvalue weighted by Crippen LogP contribution is 2.27. The SMILES string of the molecule is COc1ccc(CCNC(=O)CCCn2c(SCc3ccccc3F)nc3ccccc3c2=O)cc1OC. The van der Waals surface area contributed by atoms with Crippen LogP contribution in [0.15, 0.2) is 76.7 Å². The van der Waals surface area contributed by atoms with Gasteiger partial charge in [0.2, 0.25) is 5.91 Å². The Hall–Kier alpha value is -3.85. The van der Waals surface area contributed by atoms with Gasteiger partial charge in [-0.25, -0.2) is 9.37 Å². The lowest BCUT2D eigenvalue weighted by atomic mass is 10.1. The molecule has 1 N–H and O–H groups in total. The van der Waals surface area contributed by atoms with Crippen LogP contribution in [-0.2, 0) is 23.5 Å². The number of fused-ring (bicyclic) bond motifs is 1. The topological polar surface area (TPSA) is 82.5 Å². The molecule has 0 aliphatic heterocycles. The average molecular weight is 536 g/mol. The van der Waals surface area contributed by atoms with Gasteiger partial charge in [0.1, 0.15) is 5.82 Å². The Kier molecular flexibility index (Phi) is 9.37. The highest BCUT2D eigenvalue weighted by Gasteiger charge is 2.13. The molecule has 0 bridgehead atoms. The largest absolute Gasteiger partial charge is 0.493 e. The Balaban J connectivity index is 1.37. The first-order chi connectivity index (χ1) is 18.5. The quantitative estimate of drug-likeness (QED) is 0.203. The number of methoxy groups -OCH3 is 2. The zero-order chi connectivity index (χ0) is 26.9. The van der Waals surface area contributed by atoms with Crippen LogP contribution < -0.4 is 20.3 Å². The van der Waals surface area contributed by atoms with E-state index < -0.39 is 0 Å². The summed E-state index contributed by atoms with van der Waals surface area (Å²) < 4.78 is 26.3. The molecule has 4 aromatic rings. The second kappa shape index (κ2) is 13.1. The summed E-state index contributed by atoms with van der Waals surface area (Å²) in [7, 11) is 3.17. The highest BCUT2D eigenvalue weighted by molar-refractivity contribution is 7.98. The number of nitrogens with one attached hydrogen (secondary N) is 1. The summed E-state index contributed by atoms with van der Waals surface area (Å²) in [5, 5.41) is 3.96. The molecule has 0 radical (unpaired) electrons. The standard InChI is InChI=1S/C29H30FN3O4S/c1-36-25-14-13-20(18-26(25)37-2)15-16-31-27(34)12-7-17-33-28(35)22-9-4-6-11-24(22)32-29(33)38-19-21-8-3-5-10-23(21)30/h3-6,8-11,13-14,18H,7,12,15-17,19H2,1-2H3,(H,31,34). The summed E-state index contributed by atoms with van der Waals surface area (Å²) in [4.78, 5) is 30.4. The molecular formula is C29H30FN3O4S. The van der Waals surface area contributed by atoms with E-state index in [1.165, 1.54) is 17.8 Å². The summed E-state index contributed by atoms with van der Waals surface area (Å²) in [5.74, 6) is 1.26. The third-order valence-electron chi connectivity index (χ3n) is 6.11. The van der Waals surface area contributed by atoms with Crippen LogP contribution in [0.1, 0.15) is 24.0 Å². The molecular weight excluding hydrogens is 505 g/mol. The van der Waals surface area contributed by atoms with Crippen molar-refractivity contribution in [2.45, 2.75) is 36.7 Å². The van der Waals surface area contributed by atoms with Crippen molar-refractivity contribution in [2.24, 2.45) is 0 Å². The number of hydrogen-bond acceptors (Lipinski definition) is 6. The normalized spacial score (nSPS) is 10.9. The zero-order valence-corrected chi connectivity index (χ0v) is 22.2. The first-order valence-electron chi connectivity index (χ1n) is 12.3. The van der Waals surface area contributed by atoms with Gasteiger partial charge in [-0.1, -0.05) is 48.2 Å². The van der Waals surface area contributed by atoms with E-state index in [0.717, 1.165) is 5.56 Å². The van der Waals surface area contributed by atoms with Gasteiger partial charge in [0.15, 0.2) is 16.7 Å². The molecule has 1 aromatic heterocycles. The molecule has 198 valence electrons. The predicted octanol–water partition coefficient (Wildman–Crippen LogP) is 4.98. The van der Waals surface area contributed by atoms with Gasteiger partial charge in [0.25, 0.3) is 5.56 Å². The van der Waals surface area contributed by atoms with Gasteiger partial charge in [-0.2, -0.15) is 0 Å². The van der Waals surface area contributed by atoms with Crippen LogP contribution in [0.5, 0.6) is 11.5 Å². The molecule has 0 unspecified atom stereocenters. The third-order valence-corrected chi connectivity index (χ3v) is 7.14. The van der Waals surface area contributed by atoms with Crippen LogP contribution >= 0.6 is 11.8 Å². The van der Waals surface area contributed by atoms with E-state index in [9.17, 15) is 14.0 Å². The summed E-state index contributed by atoms with van der Waals surface area (Å²) in [6.07, 6.45) is 1.38. The number of amides is 1. The fraction of sp³-hybridized carbons (Fsp3) is 0.276. The lowest BCUT2D eigenvalue weighted by Crippen LogP contribution is -2.27. The van der Waals surface area contributed by atoms with Gasteiger partial charge in [-0.3, -0.25) is 14.2 Å². The minimum atomic E-state index is -0.292. The number of nitrogens with zero attached hydrogens (tertiary/aromatic N) is 2. The number of aromatic nitrogens is 2. The first-order valence-corrected chi connectivity index (χ1v) is 13.3. The van der Waals surface area contributed by atoms with Crippen LogP contribution in [-0.4, -0.2) is 36.2 Å². The fourth-order valence-corrected chi connectivity index (χ4v) is 5.09. The maximum absolute atomic E-state index is 14.1. The lowest BCUT2D eigenvalue weighted by molar-refractivity contribution is -0.121. The van der Waals surface area contributed by atoms with Crippen LogP contribution in [0, 0.1) is 5.82 Å². The highest BCUT2D eigenvalue weighted by atomic mass is 32.2.